The Hall–Kier alpha value is -0.210. The topological polar surface area (TPSA) is 121 Å². The first-order chi connectivity index (χ1) is 15.2. The summed E-state index contributed by atoms with van der Waals surface area (Å²) in [5.74, 6) is -0.132. The SMILES string of the molecule is CCCCCCCCCCCCCCCCCC(N)(CCO)CCO.CCCS(=O)(=O)O. The second-order valence-electron chi connectivity index (χ2n) is 9.30. The monoisotopic (exact) mass is 481 g/mol. The lowest BCUT2D eigenvalue weighted by Crippen LogP contribution is -2.41. The van der Waals surface area contributed by atoms with E-state index in [2.05, 4.69) is 6.92 Å². The van der Waals surface area contributed by atoms with E-state index in [9.17, 15) is 8.42 Å². The van der Waals surface area contributed by atoms with E-state index < -0.39 is 10.1 Å². The molecule has 5 N–H and O–H groups in total. The molecule has 0 saturated heterocycles. The maximum Gasteiger partial charge on any atom is 0.264 e. The summed E-state index contributed by atoms with van der Waals surface area (Å²) in [6.07, 6.45) is 23.1. The molecular weight excluding hydrogens is 426 g/mol. The summed E-state index contributed by atoms with van der Waals surface area (Å²) < 4.78 is 27.6. The van der Waals surface area contributed by atoms with Crippen LogP contribution in [0.3, 0.4) is 0 Å². The molecule has 0 saturated carbocycles. The van der Waals surface area contributed by atoms with Gasteiger partial charge in [0.15, 0.2) is 0 Å². The Bertz CT molecular complexity index is 465. The number of aliphatic hydroxyl groups is 2. The van der Waals surface area contributed by atoms with Crippen LogP contribution in [0.4, 0.5) is 0 Å². The van der Waals surface area contributed by atoms with Gasteiger partial charge in [0.1, 0.15) is 0 Å². The maximum absolute atomic E-state index is 9.79. The Labute approximate surface area is 199 Å². The molecule has 0 aliphatic heterocycles. The van der Waals surface area contributed by atoms with Gasteiger partial charge in [-0.1, -0.05) is 110 Å². The molecule has 0 rings (SSSR count). The summed E-state index contributed by atoms with van der Waals surface area (Å²) in [5, 5.41) is 18.2. The third kappa shape index (κ3) is 27.8. The van der Waals surface area contributed by atoms with Gasteiger partial charge in [0.25, 0.3) is 10.1 Å². The highest BCUT2D eigenvalue weighted by molar-refractivity contribution is 7.85. The molecule has 7 heteroatoms. The Morgan fingerprint density at radius 3 is 1.19 bits per heavy atom. The van der Waals surface area contributed by atoms with Gasteiger partial charge in [-0.3, -0.25) is 4.55 Å². The standard InChI is InChI=1S/C22H47NO2.C3H8O3S/c1-2-3-4-5-6-7-8-9-10-11-12-13-14-15-16-17-22(23,18-20-24)19-21-25;1-2-3-7(4,5)6/h24-25H,2-21,23H2,1H3;2-3H2,1H3,(H,4,5,6). The van der Waals surface area contributed by atoms with Gasteiger partial charge in [0.05, 0.1) is 5.75 Å². The highest BCUT2D eigenvalue weighted by atomic mass is 32.2. The third-order valence-electron chi connectivity index (χ3n) is 5.96. The quantitative estimate of drug-likeness (QED) is 0.111. The number of hydrogen-bond acceptors (Lipinski definition) is 5. The zero-order valence-electron chi connectivity index (χ0n) is 21.2. The van der Waals surface area contributed by atoms with E-state index in [4.69, 9.17) is 20.5 Å². The minimum atomic E-state index is -3.67. The molecule has 0 unspecified atom stereocenters. The van der Waals surface area contributed by atoms with Crippen molar-refractivity contribution in [2.45, 2.75) is 141 Å². The van der Waals surface area contributed by atoms with E-state index in [1.807, 2.05) is 0 Å². The molecule has 0 amide bonds. The van der Waals surface area contributed by atoms with Crippen LogP contribution in [0.2, 0.25) is 0 Å². The van der Waals surface area contributed by atoms with Gasteiger partial charge in [0, 0.05) is 18.8 Å². The van der Waals surface area contributed by atoms with E-state index in [-0.39, 0.29) is 24.5 Å². The van der Waals surface area contributed by atoms with Gasteiger partial charge in [-0.05, 0) is 25.7 Å². The van der Waals surface area contributed by atoms with Gasteiger partial charge in [-0.2, -0.15) is 8.42 Å². The van der Waals surface area contributed by atoms with Crippen molar-refractivity contribution in [2.24, 2.45) is 5.73 Å². The van der Waals surface area contributed by atoms with Crippen LogP contribution < -0.4 is 5.73 Å². The molecule has 196 valence electrons. The van der Waals surface area contributed by atoms with Crippen molar-refractivity contribution >= 4 is 10.1 Å². The average molecular weight is 482 g/mol. The van der Waals surface area contributed by atoms with Gasteiger partial charge in [0.2, 0.25) is 0 Å². The van der Waals surface area contributed by atoms with E-state index >= 15 is 0 Å². The van der Waals surface area contributed by atoms with Gasteiger partial charge >= 0.3 is 0 Å². The maximum atomic E-state index is 9.79. The van der Waals surface area contributed by atoms with Crippen LogP contribution in [0.5, 0.6) is 0 Å². The van der Waals surface area contributed by atoms with Gasteiger partial charge in [-0.15, -0.1) is 0 Å². The van der Waals surface area contributed by atoms with Crippen molar-refractivity contribution in [3.05, 3.63) is 0 Å². The molecule has 6 nitrogen and oxygen atoms in total. The van der Waals surface area contributed by atoms with Crippen LogP contribution in [-0.2, 0) is 10.1 Å². The summed E-state index contributed by atoms with van der Waals surface area (Å²) in [6.45, 7) is 4.21. The molecule has 0 atom stereocenters. The molecule has 0 fully saturated rings. The highest BCUT2D eigenvalue weighted by Crippen LogP contribution is 2.21. The second-order valence-corrected chi connectivity index (χ2v) is 10.9. The highest BCUT2D eigenvalue weighted by Gasteiger charge is 2.22. The molecular formula is C25H55NO5S. The van der Waals surface area contributed by atoms with Crippen molar-refractivity contribution in [3.8, 4) is 0 Å². The summed E-state index contributed by atoms with van der Waals surface area (Å²) in [5.41, 5.74) is 5.89. The lowest BCUT2D eigenvalue weighted by atomic mass is 9.87. The average Bonchev–Trinajstić information content (AvgIpc) is 2.71. The minimum absolute atomic E-state index is 0.120. The first-order valence-electron chi connectivity index (χ1n) is 13.2. The molecule has 0 heterocycles. The van der Waals surface area contributed by atoms with E-state index in [1.165, 1.54) is 89.9 Å². The molecule has 0 radical (unpaired) electrons. The van der Waals surface area contributed by atoms with E-state index in [1.54, 1.807) is 6.92 Å². The molecule has 0 aliphatic carbocycles. The number of unbranched alkanes of at least 4 members (excludes halogenated alkanes) is 14. The number of nitrogens with two attached hydrogens (primary N) is 1. The first kappa shape index (κ1) is 34.0. The molecule has 0 aliphatic rings. The Balaban J connectivity index is 0. The fourth-order valence-corrected chi connectivity index (χ4v) is 4.44. The van der Waals surface area contributed by atoms with Crippen LogP contribution in [0.25, 0.3) is 0 Å². The van der Waals surface area contributed by atoms with Crippen LogP contribution in [0.1, 0.15) is 136 Å². The molecule has 0 aromatic carbocycles. The van der Waals surface area contributed by atoms with Crippen molar-refractivity contribution in [3.63, 3.8) is 0 Å². The number of hydrogen-bond donors (Lipinski definition) is 4. The van der Waals surface area contributed by atoms with Crippen molar-refractivity contribution in [2.75, 3.05) is 19.0 Å². The summed E-state index contributed by atoms with van der Waals surface area (Å²) in [6, 6.07) is 0. The summed E-state index contributed by atoms with van der Waals surface area (Å²) in [4.78, 5) is 0. The molecule has 32 heavy (non-hydrogen) atoms. The van der Waals surface area contributed by atoms with Crippen LogP contribution >= 0.6 is 0 Å². The zero-order valence-corrected chi connectivity index (χ0v) is 22.0. The molecule has 0 bridgehead atoms. The largest absolute Gasteiger partial charge is 0.396 e. The fourth-order valence-electron chi connectivity index (χ4n) is 3.93. The Morgan fingerprint density at radius 2 is 0.938 bits per heavy atom. The van der Waals surface area contributed by atoms with Crippen molar-refractivity contribution in [1.29, 1.82) is 0 Å². The molecule has 0 aromatic heterocycles. The smallest absolute Gasteiger partial charge is 0.264 e. The number of rotatable bonds is 22. The number of aliphatic hydroxyl groups excluding tert-OH is 2. The summed E-state index contributed by atoms with van der Waals surface area (Å²) >= 11 is 0. The fraction of sp³-hybridized carbons (Fsp3) is 1.00. The van der Waals surface area contributed by atoms with Crippen LogP contribution in [0.15, 0.2) is 0 Å². The predicted molar refractivity (Wildman–Crippen MR) is 137 cm³/mol. The van der Waals surface area contributed by atoms with Gasteiger partial charge < -0.3 is 15.9 Å². The zero-order chi connectivity index (χ0) is 24.6. The van der Waals surface area contributed by atoms with Crippen molar-refractivity contribution < 1.29 is 23.2 Å². The van der Waals surface area contributed by atoms with Gasteiger partial charge in [-0.25, -0.2) is 0 Å². The van der Waals surface area contributed by atoms with Crippen molar-refractivity contribution in [1.82, 2.24) is 0 Å². The van der Waals surface area contributed by atoms with Crippen LogP contribution in [-0.4, -0.2) is 47.7 Å². The van der Waals surface area contributed by atoms with E-state index in [0.717, 1.165) is 12.8 Å². The molecule has 0 aromatic rings. The molecule has 0 spiro atoms. The summed E-state index contributed by atoms with van der Waals surface area (Å²) in [7, 11) is -3.67. The predicted octanol–water partition coefficient (Wildman–Crippen LogP) is 5.99. The second kappa shape index (κ2) is 23.9. The lowest BCUT2D eigenvalue weighted by Gasteiger charge is -2.28. The normalized spacial score (nSPS) is 11.9. The van der Waals surface area contributed by atoms with E-state index in [0.29, 0.717) is 19.3 Å². The third-order valence-corrected chi connectivity index (χ3v) is 6.88. The first-order valence-corrected chi connectivity index (χ1v) is 14.8. The Kier molecular flexibility index (Phi) is 25.4. The van der Waals surface area contributed by atoms with Crippen LogP contribution in [0, 0.1) is 0 Å². The lowest BCUT2D eigenvalue weighted by molar-refractivity contribution is 0.183. The minimum Gasteiger partial charge on any atom is -0.396 e. The Morgan fingerprint density at radius 1 is 0.594 bits per heavy atom.